The van der Waals surface area contributed by atoms with Crippen LogP contribution in [0.5, 0.6) is 0 Å². The molecular weight excluding hydrogens is 358 g/mol. The number of carboxylic acids is 1. The maximum Gasteiger partial charge on any atom is 0.303 e. The van der Waals surface area contributed by atoms with Crippen LogP contribution in [-0.4, -0.2) is 22.7 Å². The molecule has 0 spiro atoms. The maximum absolute atomic E-state index is 12.2. The van der Waals surface area contributed by atoms with Crippen molar-refractivity contribution in [2.45, 2.75) is 88.9 Å². The quantitative estimate of drug-likeness (QED) is 0.248. The van der Waals surface area contributed by atoms with E-state index in [9.17, 15) is 9.59 Å². The summed E-state index contributed by atoms with van der Waals surface area (Å²) in [6.45, 7) is 2.19. The van der Waals surface area contributed by atoms with E-state index < -0.39 is 5.97 Å². The summed E-state index contributed by atoms with van der Waals surface area (Å²) >= 11 is 1.81. The number of carbonyl (C=O) groups is 2. The molecule has 0 aromatic heterocycles. The van der Waals surface area contributed by atoms with Gasteiger partial charge in [0.2, 0.25) is 5.91 Å². The van der Waals surface area contributed by atoms with E-state index in [1.165, 1.54) is 19.3 Å². The number of hydrogen-bond donors (Lipinski definition) is 2. The van der Waals surface area contributed by atoms with Crippen LogP contribution in [0, 0.1) is 0 Å². The first-order valence-corrected chi connectivity index (χ1v) is 11.4. The van der Waals surface area contributed by atoms with Gasteiger partial charge in [-0.25, -0.2) is 0 Å². The number of para-hydroxylation sites is 1. The lowest BCUT2D eigenvalue weighted by Gasteiger charge is -2.10. The van der Waals surface area contributed by atoms with Crippen LogP contribution in [0.4, 0.5) is 5.69 Å². The van der Waals surface area contributed by atoms with Crippen LogP contribution in [0.2, 0.25) is 0 Å². The van der Waals surface area contributed by atoms with Crippen molar-refractivity contribution in [3.05, 3.63) is 24.3 Å². The highest BCUT2D eigenvalue weighted by atomic mass is 32.2. The molecule has 4 nitrogen and oxygen atoms in total. The Morgan fingerprint density at radius 2 is 1.48 bits per heavy atom. The number of carbonyl (C=O) groups excluding carboxylic acids is 1. The van der Waals surface area contributed by atoms with Gasteiger partial charge in [-0.2, -0.15) is 0 Å². The largest absolute Gasteiger partial charge is 0.481 e. The topological polar surface area (TPSA) is 66.4 Å². The number of thioether (sulfide) groups is 1. The summed E-state index contributed by atoms with van der Waals surface area (Å²) in [5.41, 5.74) is 0.935. The second-order valence-corrected chi connectivity index (χ2v) is 8.11. The van der Waals surface area contributed by atoms with Gasteiger partial charge in [-0.15, -0.1) is 11.8 Å². The minimum Gasteiger partial charge on any atom is -0.481 e. The highest BCUT2D eigenvalue weighted by Gasteiger charge is 2.07. The number of unbranched alkanes of at least 4 members (excludes halogenated alkanes) is 8. The molecule has 1 amide bonds. The minimum absolute atomic E-state index is 0.104. The van der Waals surface area contributed by atoms with Gasteiger partial charge in [-0.05, 0) is 37.1 Å². The fraction of sp³-hybridized carbons (Fsp3) is 0.636. The average molecular weight is 394 g/mol. The van der Waals surface area contributed by atoms with Crippen LogP contribution in [0.3, 0.4) is 0 Å². The van der Waals surface area contributed by atoms with Crippen LogP contribution < -0.4 is 5.32 Å². The molecule has 0 aliphatic rings. The molecule has 0 heterocycles. The Hall–Kier alpha value is -1.49. The van der Waals surface area contributed by atoms with Crippen molar-refractivity contribution < 1.29 is 14.7 Å². The fourth-order valence-electron chi connectivity index (χ4n) is 2.86. The molecule has 0 fully saturated rings. The van der Waals surface area contributed by atoms with Crippen LogP contribution in [0.15, 0.2) is 29.2 Å². The summed E-state index contributed by atoms with van der Waals surface area (Å²) in [7, 11) is 0. The van der Waals surface area contributed by atoms with Crippen LogP contribution in [0.25, 0.3) is 0 Å². The molecule has 152 valence electrons. The summed E-state index contributed by atoms with van der Waals surface area (Å²) < 4.78 is 0. The predicted octanol–water partition coefficient (Wildman–Crippen LogP) is 6.50. The third-order valence-corrected chi connectivity index (χ3v) is 5.62. The first-order valence-electron chi connectivity index (χ1n) is 10.4. The van der Waals surface area contributed by atoms with E-state index in [1.54, 1.807) is 0 Å². The summed E-state index contributed by atoms with van der Waals surface area (Å²) in [5.74, 6) is 0.488. The lowest BCUT2D eigenvalue weighted by atomic mass is 10.1. The Kier molecular flexibility index (Phi) is 13.6. The Morgan fingerprint density at radius 3 is 2.11 bits per heavy atom. The van der Waals surface area contributed by atoms with Gasteiger partial charge in [-0.1, -0.05) is 64.0 Å². The smallest absolute Gasteiger partial charge is 0.303 e. The fourth-order valence-corrected chi connectivity index (χ4v) is 3.96. The van der Waals surface area contributed by atoms with Gasteiger partial charge in [-0.3, -0.25) is 9.59 Å². The van der Waals surface area contributed by atoms with Gasteiger partial charge in [0.05, 0.1) is 5.69 Å². The molecule has 0 unspecified atom stereocenters. The summed E-state index contributed by atoms with van der Waals surface area (Å²) in [5, 5.41) is 11.6. The standard InChI is InChI=1S/C22H35NO3S/c1-2-3-18-27-20-15-13-12-14-19(20)23-21(24)16-10-8-6-4-5-7-9-11-17-22(25)26/h12-15H,2-11,16-18H2,1H3,(H,23,24)(H,25,26). The third kappa shape index (κ3) is 12.5. The zero-order chi connectivity index (χ0) is 19.7. The normalized spacial score (nSPS) is 10.7. The second-order valence-electron chi connectivity index (χ2n) is 6.97. The van der Waals surface area contributed by atoms with E-state index in [0.29, 0.717) is 6.42 Å². The van der Waals surface area contributed by atoms with E-state index in [2.05, 4.69) is 18.3 Å². The summed E-state index contributed by atoms with van der Waals surface area (Å²) in [6, 6.07) is 8.05. The molecule has 1 aromatic carbocycles. The van der Waals surface area contributed by atoms with E-state index >= 15 is 0 Å². The van der Waals surface area contributed by atoms with Crippen molar-refractivity contribution in [1.82, 2.24) is 0 Å². The number of carboxylic acid groups (broad SMARTS) is 1. The van der Waals surface area contributed by atoms with Crippen LogP contribution in [-0.2, 0) is 9.59 Å². The number of benzene rings is 1. The van der Waals surface area contributed by atoms with Crippen molar-refractivity contribution in [2.75, 3.05) is 11.1 Å². The molecule has 0 saturated heterocycles. The number of hydrogen-bond acceptors (Lipinski definition) is 3. The second kappa shape index (κ2) is 15.6. The lowest BCUT2D eigenvalue weighted by molar-refractivity contribution is -0.137. The molecule has 1 aromatic rings. The highest BCUT2D eigenvalue weighted by molar-refractivity contribution is 7.99. The molecule has 0 radical (unpaired) electrons. The Bertz CT molecular complexity index is 548. The van der Waals surface area contributed by atoms with Gasteiger partial charge >= 0.3 is 5.97 Å². The molecule has 27 heavy (non-hydrogen) atoms. The monoisotopic (exact) mass is 393 g/mol. The Balaban J connectivity index is 2.10. The summed E-state index contributed by atoms with van der Waals surface area (Å²) in [6.07, 6.45) is 11.6. The van der Waals surface area contributed by atoms with Crippen molar-refractivity contribution in [3.63, 3.8) is 0 Å². The van der Waals surface area contributed by atoms with Crippen molar-refractivity contribution >= 4 is 29.3 Å². The molecule has 0 bridgehead atoms. The number of nitrogens with one attached hydrogen (secondary N) is 1. The lowest BCUT2D eigenvalue weighted by Crippen LogP contribution is -2.11. The van der Waals surface area contributed by atoms with Crippen molar-refractivity contribution in [1.29, 1.82) is 0 Å². The van der Waals surface area contributed by atoms with E-state index in [-0.39, 0.29) is 12.3 Å². The Morgan fingerprint density at radius 1 is 0.889 bits per heavy atom. The van der Waals surface area contributed by atoms with Crippen LogP contribution >= 0.6 is 11.8 Å². The van der Waals surface area contributed by atoms with Crippen molar-refractivity contribution in [2.24, 2.45) is 0 Å². The third-order valence-electron chi connectivity index (χ3n) is 4.46. The highest BCUT2D eigenvalue weighted by Crippen LogP contribution is 2.28. The summed E-state index contributed by atoms with van der Waals surface area (Å²) in [4.78, 5) is 23.8. The number of aliphatic carboxylic acids is 1. The molecular formula is C22H35NO3S. The molecule has 5 heteroatoms. The first kappa shape index (κ1) is 23.5. The van der Waals surface area contributed by atoms with E-state index in [4.69, 9.17) is 5.11 Å². The average Bonchev–Trinajstić information content (AvgIpc) is 2.64. The van der Waals surface area contributed by atoms with E-state index in [0.717, 1.165) is 61.3 Å². The number of anilines is 1. The molecule has 0 saturated carbocycles. The molecule has 1 rings (SSSR count). The SMILES string of the molecule is CCCCSc1ccccc1NC(=O)CCCCCCCCCCC(=O)O. The maximum atomic E-state index is 12.2. The number of rotatable bonds is 16. The van der Waals surface area contributed by atoms with Gasteiger partial charge in [0.15, 0.2) is 0 Å². The van der Waals surface area contributed by atoms with Crippen molar-refractivity contribution in [3.8, 4) is 0 Å². The van der Waals surface area contributed by atoms with Gasteiger partial charge in [0.25, 0.3) is 0 Å². The van der Waals surface area contributed by atoms with Gasteiger partial charge in [0, 0.05) is 17.7 Å². The molecule has 0 aliphatic heterocycles. The van der Waals surface area contributed by atoms with Gasteiger partial charge in [0.1, 0.15) is 0 Å². The first-order chi connectivity index (χ1) is 13.1. The Labute approximate surface area is 168 Å². The zero-order valence-corrected chi connectivity index (χ0v) is 17.5. The van der Waals surface area contributed by atoms with E-state index in [1.807, 2.05) is 30.0 Å². The molecule has 2 N–H and O–H groups in total. The zero-order valence-electron chi connectivity index (χ0n) is 16.7. The predicted molar refractivity (Wildman–Crippen MR) is 115 cm³/mol. The number of amides is 1. The van der Waals surface area contributed by atoms with Gasteiger partial charge < -0.3 is 10.4 Å². The molecule has 0 aliphatic carbocycles. The molecule has 0 atom stereocenters. The minimum atomic E-state index is -0.699. The van der Waals surface area contributed by atoms with Crippen LogP contribution in [0.1, 0.15) is 84.0 Å².